The van der Waals surface area contributed by atoms with Gasteiger partial charge in [0, 0.05) is 0 Å². The van der Waals surface area contributed by atoms with Crippen molar-refractivity contribution in [1.82, 2.24) is 5.06 Å². The first-order valence-electron chi connectivity index (χ1n) is 11.3. The van der Waals surface area contributed by atoms with Crippen LogP contribution >= 0.6 is 0 Å². The summed E-state index contributed by atoms with van der Waals surface area (Å²) >= 11 is 0. The number of hydrogen-bond donors (Lipinski definition) is 0. The number of halogens is 1. The summed E-state index contributed by atoms with van der Waals surface area (Å²) < 4.78 is 29.6. The van der Waals surface area contributed by atoms with E-state index in [2.05, 4.69) is 0 Å². The van der Waals surface area contributed by atoms with Gasteiger partial charge in [-0.05, 0) is 102 Å². The fourth-order valence-electron chi connectivity index (χ4n) is 3.44. The first-order chi connectivity index (χ1) is 15.8. The van der Waals surface area contributed by atoms with Crippen molar-refractivity contribution in [3.8, 4) is 11.5 Å². The number of carbonyl (C=O) groups is 2. The molecule has 0 atom stereocenters. The molecule has 2 aromatic carbocycles. The van der Waals surface area contributed by atoms with Crippen molar-refractivity contribution in [1.29, 1.82) is 0 Å². The van der Waals surface area contributed by atoms with Gasteiger partial charge in [0.1, 0.15) is 28.5 Å². The first kappa shape index (κ1) is 25.3. The Bertz CT molecular complexity index is 1000. The SMILES string of the molecule is CC(C)(C)OC(=O)ON(C(=O)OC(C)(C)C)C1CC(c2cccc(Oc3ccc(F)cc3)c2)C1. The smallest absolute Gasteiger partial charge is 0.457 e. The van der Waals surface area contributed by atoms with Crippen LogP contribution in [0.15, 0.2) is 48.5 Å². The van der Waals surface area contributed by atoms with Crippen molar-refractivity contribution in [2.24, 2.45) is 0 Å². The zero-order valence-electron chi connectivity index (χ0n) is 20.5. The van der Waals surface area contributed by atoms with E-state index in [0.717, 1.165) is 10.6 Å². The summed E-state index contributed by atoms with van der Waals surface area (Å²) in [5, 5.41) is 0.981. The van der Waals surface area contributed by atoms with E-state index in [1.165, 1.54) is 12.1 Å². The highest BCUT2D eigenvalue weighted by atomic mass is 19.1. The van der Waals surface area contributed by atoms with Crippen LogP contribution in [-0.2, 0) is 14.3 Å². The molecule has 0 radical (unpaired) electrons. The van der Waals surface area contributed by atoms with Gasteiger partial charge in [0.05, 0.1) is 6.04 Å². The molecule has 0 saturated heterocycles. The van der Waals surface area contributed by atoms with Crippen LogP contribution in [-0.4, -0.2) is 34.6 Å². The summed E-state index contributed by atoms with van der Waals surface area (Å²) in [6.07, 6.45) is -0.559. The van der Waals surface area contributed by atoms with Gasteiger partial charge in [0.2, 0.25) is 0 Å². The van der Waals surface area contributed by atoms with Gasteiger partial charge >= 0.3 is 12.2 Å². The van der Waals surface area contributed by atoms with Crippen molar-refractivity contribution in [3.05, 3.63) is 59.9 Å². The Kier molecular flexibility index (Phi) is 7.38. The van der Waals surface area contributed by atoms with Gasteiger partial charge in [-0.3, -0.25) is 4.84 Å². The molecule has 0 heterocycles. The van der Waals surface area contributed by atoms with E-state index in [4.69, 9.17) is 19.0 Å². The van der Waals surface area contributed by atoms with Crippen LogP contribution in [0.1, 0.15) is 65.9 Å². The molecule has 1 saturated carbocycles. The molecule has 1 aliphatic carbocycles. The topological polar surface area (TPSA) is 74.3 Å². The number of hydroxylamine groups is 2. The first-order valence-corrected chi connectivity index (χ1v) is 11.3. The molecule has 2 aromatic rings. The van der Waals surface area contributed by atoms with Gasteiger partial charge in [-0.1, -0.05) is 12.1 Å². The monoisotopic (exact) mass is 473 g/mol. The highest BCUT2D eigenvalue weighted by Gasteiger charge is 2.42. The van der Waals surface area contributed by atoms with Crippen LogP contribution in [0.5, 0.6) is 11.5 Å². The number of benzene rings is 2. The van der Waals surface area contributed by atoms with E-state index in [0.29, 0.717) is 24.3 Å². The Morgan fingerprint density at radius 3 is 2.09 bits per heavy atom. The maximum absolute atomic E-state index is 13.1. The molecule has 0 bridgehead atoms. The normalized spacial score (nSPS) is 17.9. The second-order valence-electron chi connectivity index (χ2n) is 10.3. The zero-order valence-corrected chi connectivity index (χ0v) is 20.5. The maximum Gasteiger partial charge on any atom is 0.534 e. The maximum atomic E-state index is 13.1. The van der Waals surface area contributed by atoms with Crippen molar-refractivity contribution in [2.45, 2.75) is 77.5 Å². The minimum absolute atomic E-state index is 0.133. The van der Waals surface area contributed by atoms with Crippen molar-refractivity contribution in [2.75, 3.05) is 0 Å². The van der Waals surface area contributed by atoms with Crippen molar-refractivity contribution >= 4 is 12.2 Å². The predicted molar refractivity (Wildman–Crippen MR) is 124 cm³/mol. The largest absolute Gasteiger partial charge is 0.534 e. The average Bonchev–Trinajstić information content (AvgIpc) is 2.65. The van der Waals surface area contributed by atoms with Gasteiger partial charge < -0.3 is 14.2 Å². The van der Waals surface area contributed by atoms with E-state index in [9.17, 15) is 14.0 Å². The van der Waals surface area contributed by atoms with Crippen LogP contribution in [0, 0.1) is 5.82 Å². The number of hydrogen-bond acceptors (Lipinski definition) is 6. The lowest BCUT2D eigenvalue weighted by molar-refractivity contribution is -0.169. The predicted octanol–water partition coefficient (Wildman–Crippen LogP) is 6.97. The van der Waals surface area contributed by atoms with Crippen molar-refractivity contribution < 1.29 is 33.0 Å². The molecule has 0 aromatic heterocycles. The third kappa shape index (κ3) is 7.37. The molecule has 0 spiro atoms. The average molecular weight is 474 g/mol. The number of rotatable bonds is 4. The van der Waals surface area contributed by atoms with E-state index < -0.39 is 23.5 Å². The molecule has 0 unspecified atom stereocenters. The second kappa shape index (κ2) is 9.91. The molecule has 7 nitrogen and oxygen atoms in total. The zero-order chi connectivity index (χ0) is 25.1. The lowest BCUT2D eigenvalue weighted by Gasteiger charge is -2.41. The van der Waals surface area contributed by atoms with E-state index in [1.54, 1.807) is 53.7 Å². The lowest BCUT2D eigenvalue weighted by atomic mass is 9.75. The number of amides is 1. The highest BCUT2D eigenvalue weighted by molar-refractivity contribution is 5.70. The van der Waals surface area contributed by atoms with E-state index in [-0.39, 0.29) is 17.8 Å². The number of nitrogens with zero attached hydrogens (tertiary/aromatic N) is 1. The van der Waals surface area contributed by atoms with Gasteiger partial charge in [-0.15, -0.1) is 5.06 Å². The highest BCUT2D eigenvalue weighted by Crippen LogP contribution is 2.41. The second-order valence-corrected chi connectivity index (χ2v) is 10.3. The van der Waals surface area contributed by atoms with Gasteiger partial charge in [-0.2, -0.15) is 0 Å². The molecule has 1 aliphatic rings. The standard InChI is InChI=1S/C26H32FNO6/c1-25(2,3)32-23(29)28(34-24(30)33-26(4,5)6)20-14-18(15-20)17-8-7-9-22(16-17)31-21-12-10-19(27)11-13-21/h7-13,16,18,20H,14-15H2,1-6H3. The summed E-state index contributed by atoms with van der Waals surface area (Å²) in [6.45, 7) is 10.4. The number of carbonyl (C=O) groups excluding carboxylic acids is 2. The molecular weight excluding hydrogens is 441 g/mol. The summed E-state index contributed by atoms with van der Waals surface area (Å²) in [5.74, 6) is 0.965. The lowest BCUT2D eigenvalue weighted by Crippen LogP contribution is -2.50. The molecule has 184 valence electrons. The van der Waals surface area contributed by atoms with Crippen LogP contribution in [0.2, 0.25) is 0 Å². The summed E-state index contributed by atoms with van der Waals surface area (Å²) in [5.41, 5.74) is -0.483. The minimum atomic E-state index is -0.962. The van der Waals surface area contributed by atoms with Crippen LogP contribution in [0.25, 0.3) is 0 Å². The fourth-order valence-corrected chi connectivity index (χ4v) is 3.44. The third-order valence-electron chi connectivity index (χ3n) is 4.96. The molecule has 0 N–H and O–H groups in total. The van der Waals surface area contributed by atoms with Crippen LogP contribution < -0.4 is 4.74 Å². The number of ether oxygens (including phenoxy) is 3. The molecule has 34 heavy (non-hydrogen) atoms. The Balaban J connectivity index is 1.67. The Morgan fingerprint density at radius 1 is 0.882 bits per heavy atom. The van der Waals surface area contributed by atoms with Gasteiger partial charge in [0.25, 0.3) is 0 Å². The molecule has 0 aliphatic heterocycles. The molecule has 3 rings (SSSR count). The molecule has 1 amide bonds. The summed E-state index contributed by atoms with van der Waals surface area (Å²) in [6, 6.07) is 13.0. The molecular formula is C26H32FNO6. The minimum Gasteiger partial charge on any atom is -0.457 e. The summed E-state index contributed by atoms with van der Waals surface area (Å²) in [7, 11) is 0. The molecule has 1 fully saturated rings. The summed E-state index contributed by atoms with van der Waals surface area (Å²) in [4.78, 5) is 30.3. The van der Waals surface area contributed by atoms with E-state index in [1.807, 2.05) is 24.3 Å². The molecule has 8 heteroatoms. The Morgan fingerprint density at radius 2 is 1.50 bits per heavy atom. The van der Waals surface area contributed by atoms with Crippen LogP contribution in [0.3, 0.4) is 0 Å². The quantitative estimate of drug-likeness (QED) is 0.353. The van der Waals surface area contributed by atoms with Gasteiger partial charge in [0.15, 0.2) is 0 Å². The van der Waals surface area contributed by atoms with Gasteiger partial charge in [-0.25, -0.2) is 14.0 Å². The fraction of sp³-hybridized carbons (Fsp3) is 0.462. The van der Waals surface area contributed by atoms with Crippen molar-refractivity contribution in [3.63, 3.8) is 0 Å². The van der Waals surface area contributed by atoms with E-state index >= 15 is 0 Å². The van der Waals surface area contributed by atoms with Crippen LogP contribution in [0.4, 0.5) is 14.0 Å². The Labute approximate surface area is 199 Å². The Hall–Kier alpha value is -3.29. The third-order valence-corrected chi connectivity index (χ3v) is 4.96.